The molecule has 1 aromatic carbocycles. The van der Waals surface area contributed by atoms with Crippen molar-refractivity contribution in [3.8, 4) is 5.75 Å². The van der Waals surface area contributed by atoms with Crippen molar-refractivity contribution in [2.24, 2.45) is 13.0 Å². The Hall–Kier alpha value is -1.58. The lowest BCUT2D eigenvalue weighted by molar-refractivity contribution is 0.146. The lowest BCUT2D eigenvalue weighted by atomic mass is 9.98. The first-order chi connectivity index (χ1) is 12.8. The van der Waals surface area contributed by atoms with Crippen LogP contribution in [0.5, 0.6) is 5.75 Å². The largest absolute Gasteiger partial charge is 0.497 e. The molecule has 0 amide bonds. The quantitative estimate of drug-likeness (QED) is 0.682. The highest BCUT2D eigenvalue weighted by molar-refractivity contribution is 7.99. The highest BCUT2D eigenvalue weighted by atomic mass is 32.2. The smallest absolute Gasteiger partial charge is 0.243 e. The topological polar surface area (TPSA) is 64.4 Å². The molecule has 6 nitrogen and oxygen atoms in total. The van der Waals surface area contributed by atoms with Gasteiger partial charge in [0.25, 0.3) is 0 Å². The van der Waals surface area contributed by atoms with Crippen LogP contribution < -0.4 is 4.74 Å². The minimum Gasteiger partial charge on any atom is -0.497 e. The zero-order valence-electron chi connectivity index (χ0n) is 15.6. The van der Waals surface area contributed by atoms with Crippen LogP contribution >= 0.6 is 11.8 Å². The Labute approximate surface area is 163 Å². The van der Waals surface area contributed by atoms with Crippen molar-refractivity contribution in [1.29, 1.82) is 0 Å². The second kappa shape index (κ2) is 8.20. The number of benzene rings is 1. The molecule has 0 radical (unpaired) electrons. The van der Waals surface area contributed by atoms with Gasteiger partial charge in [-0.05, 0) is 37.1 Å². The van der Waals surface area contributed by atoms with E-state index in [4.69, 9.17) is 4.74 Å². The van der Waals surface area contributed by atoms with Gasteiger partial charge in [0.2, 0.25) is 10.0 Å². The first-order valence-corrected chi connectivity index (χ1v) is 11.1. The number of nitrogens with zero attached hydrogens (tertiary/aromatic N) is 3. The Bertz CT molecular complexity index is 901. The number of alkyl halides is 1. The van der Waals surface area contributed by atoms with Crippen LogP contribution in [0.1, 0.15) is 12.0 Å². The van der Waals surface area contributed by atoms with Crippen LogP contribution in [-0.2, 0) is 17.1 Å². The summed E-state index contributed by atoms with van der Waals surface area (Å²) >= 11 is 1.51. The van der Waals surface area contributed by atoms with Crippen LogP contribution in [0.25, 0.3) is 0 Å². The van der Waals surface area contributed by atoms with Gasteiger partial charge in [-0.1, -0.05) is 11.8 Å². The second-order valence-corrected chi connectivity index (χ2v) is 9.58. The molecule has 1 aliphatic heterocycles. The molecule has 2 aromatic rings. The van der Waals surface area contributed by atoms with Crippen molar-refractivity contribution in [3.63, 3.8) is 0 Å². The lowest BCUT2D eigenvalue weighted by Crippen LogP contribution is -2.45. The summed E-state index contributed by atoms with van der Waals surface area (Å²) in [5, 5.41) is 0.839. The third kappa shape index (κ3) is 4.30. The van der Waals surface area contributed by atoms with Crippen molar-refractivity contribution in [1.82, 2.24) is 13.9 Å². The highest BCUT2D eigenvalue weighted by Crippen LogP contribution is 2.31. The predicted molar refractivity (Wildman–Crippen MR) is 103 cm³/mol. The molecule has 2 heterocycles. The molecule has 0 N–H and O–H groups in total. The van der Waals surface area contributed by atoms with Crippen LogP contribution in [0.15, 0.2) is 40.6 Å². The number of halogens is 1. The summed E-state index contributed by atoms with van der Waals surface area (Å²) in [6.45, 7) is 1.93. The van der Waals surface area contributed by atoms with Crippen molar-refractivity contribution in [3.05, 3.63) is 36.2 Å². The molecular formula is C18H24FN3O3S2. The number of imidazole rings is 1. The van der Waals surface area contributed by atoms with Crippen LogP contribution in [0, 0.1) is 12.8 Å². The van der Waals surface area contributed by atoms with Gasteiger partial charge >= 0.3 is 0 Å². The summed E-state index contributed by atoms with van der Waals surface area (Å²) < 4.78 is 48.9. The van der Waals surface area contributed by atoms with Crippen LogP contribution in [0.4, 0.5) is 4.39 Å². The molecule has 1 aliphatic rings. The second-order valence-electron chi connectivity index (χ2n) is 6.69. The molecule has 27 heavy (non-hydrogen) atoms. The van der Waals surface area contributed by atoms with Crippen molar-refractivity contribution in [2.45, 2.75) is 29.6 Å². The number of sulfonamides is 1. The first-order valence-electron chi connectivity index (χ1n) is 8.72. The average Bonchev–Trinajstić information content (AvgIpc) is 3.05. The lowest BCUT2D eigenvalue weighted by Gasteiger charge is -2.34. The fourth-order valence-corrected chi connectivity index (χ4v) is 5.99. The molecule has 0 unspecified atom stereocenters. The van der Waals surface area contributed by atoms with E-state index >= 15 is 0 Å². The van der Waals surface area contributed by atoms with E-state index < -0.39 is 16.2 Å². The Morgan fingerprint density at radius 1 is 1.41 bits per heavy atom. The maximum absolute atomic E-state index is 14.7. The number of thioether (sulfide) groups is 1. The van der Waals surface area contributed by atoms with Gasteiger partial charge in [-0.2, -0.15) is 4.31 Å². The van der Waals surface area contributed by atoms with E-state index in [1.54, 1.807) is 25.3 Å². The van der Waals surface area contributed by atoms with Crippen LogP contribution in [-0.4, -0.2) is 54.4 Å². The molecule has 1 aromatic heterocycles. The zero-order chi connectivity index (χ0) is 19.6. The number of piperidine rings is 1. The molecule has 2 atom stereocenters. The predicted octanol–water partition coefficient (Wildman–Crippen LogP) is 2.88. The van der Waals surface area contributed by atoms with Gasteiger partial charge in [-0.25, -0.2) is 17.8 Å². The molecule has 0 bridgehead atoms. The zero-order valence-corrected chi connectivity index (χ0v) is 17.3. The van der Waals surface area contributed by atoms with Crippen molar-refractivity contribution >= 4 is 21.8 Å². The molecule has 1 saturated heterocycles. The van der Waals surface area contributed by atoms with Gasteiger partial charge < -0.3 is 9.30 Å². The van der Waals surface area contributed by atoms with Gasteiger partial charge in [-0.15, -0.1) is 0 Å². The Morgan fingerprint density at radius 2 is 2.19 bits per heavy atom. The van der Waals surface area contributed by atoms with E-state index in [0.717, 1.165) is 5.16 Å². The molecule has 0 saturated carbocycles. The standard InChI is InChI=1S/C18H24FN3O3S2/c1-13-10-15(25-3)4-5-17(13)27(23,24)22-8-6-14(16(19)11-22)12-26-18-20-7-9-21(18)2/h4-5,7,9-10,14,16H,6,8,11-12H2,1-3H3/t14-,16+/m0/s1. The summed E-state index contributed by atoms with van der Waals surface area (Å²) in [4.78, 5) is 4.43. The van der Waals surface area contributed by atoms with Crippen LogP contribution in [0.2, 0.25) is 0 Å². The monoisotopic (exact) mass is 413 g/mol. The Balaban J connectivity index is 1.67. The summed E-state index contributed by atoms with van der Waals surface area (Å²) in [6, 6.07) is 4.82. The Morgan fingerprint density at radius 3 is 2.78 bits per heavy atom. The number of methoxy groups -OCH3 is 1. The molecule has 1 fully saturated rings. The first kappa shape index (κ1) is 20.2. The third-order valence-electron chi connectivity index (χ3n) is 4.84. The number of hydrogen-bond donors (Lipinski definition) is 0. The normalized spacial score (nSPS) is 21.3. The van der Waals surface area contributed by atoms with E-state index in [1.807, 2.05) is 17.8 Å². The number of rotatable bonds is 6. The summed E-state index contributed by atoms with van der Waals surface area (Å²) in [5.74, 6) is 0.997. The van der Waals surface area contributed by atoms with E-state index in [0.29, 0.717) is 30.0 Å². The molecule has 0 aliphatic carbocycles. The summed E-state index contributed by atoms with van der Waals surface area (Å²) in [6.07, 6.45) is 2.86. The fourth-order valence-electron chi connectivity index (χ4n) is 3.18. The highest BCUT2D eigenvalue weighted by Gasteiger charge is 2.36. The minimum atomic E-state index is -3.72. The average molecular weight is 414 g/mol. The van der Waals surface area contributed by atoms with E-state index in [1.165, 1.54) is 29.2 Å². The summed E-state index contributed by atoms with van der Waals surface area (Å²) in [5.41, 5.74) is 0.595. The van der Waals surface area contributed by atoms with Gasteiger partial charge in [-0.3, -0.25) is 0 Å². The van der Waals surface area contributed by atoms with Crippen LogP contribution in [0.3, 0.4) is 0 Å². The number of ether oxygens (including phenoxy) is 1. The number of aromatic nitrogens is 2. The van der Waals surface area contributed by atoms with E-state index in [9.17, 15) is 12.8 Å². The van der Waals surface area contributed by atoms with Crippen molar-refractivity contribution in [2.75, 3.05) is 26.0 Å². The molecule has 148 valence electrons. The number of hydrogen-bond acceptors (Lipinski definition) is 5. The van der Waals surface area contributed by atoms with E-state index in [-0.39, 0.29) is 17.4 Å². The third-order valence-corrected chi connectivity index (χ3v) is 8.11. The van der Waals surface area contributed by atoms with Gasteiger partial charge in [0.15, 0.2) is 5.16 Å². The fraction of sp³-hybridized carbons (Fsp3) is 0.500. The molecule has 3 rings (SSSR count). The number of aryl methyl sites for hydroxylation is 2. The van der Waals surface area contributed by atoms with Gasteiger partial charge in [0, 0.05) is 44.2 Å². The van der Waals surface area contributed by atoms with Gasteiger partial charge in [0.05, 0.1) is 12.0 Å². The molecular weight excluding hydrogens is 389 g/mol. The molecule has 0 spiro atoms. The molecule has 9 heteroatoms. The maximum atomic E-state index is 14.7. The van der Waals surface area contributed by atoms with Gasteiger partial charge in [0.1, 0.15) is 11.9 Å². The Kier molecular flexibility index (Phi) is 6.12. The SMILES string of the molecule is COc1ccc(S(=O)(=O)N2CC[C@@H](CSc3nccn3C)[C@H](F)C2)c(C)c1. The van der Waals surface area contributed by atoms with E-state index in [2.05, 4.69) is 4.98 Å². The maximum Gasteiger partial charge on any atom is 0.243 e. The van der Waals surface area contributed by atoms with Crippen molar-refractivity contribution < 1.29 is 17.5 Å². The minimum absolute atomic E-state index is 0.112. The summed E-state index contributed by atoms with van der Waals surface area (Å²) in [7, 11) is -0.295.